The van der Waals surface area contributed by atoms with Crippen LogP contribution in [-0.2, 0) is 11.3 Å². The van der Waals surface area contributed by atoms with Gasteiger partial charge in [0.1, 0.15) is 10.0 Å². The molecule has 1 saturated heterocycles. The van der Waals surface area contributed by atoms with Gasteiger partial charge in [0.05, 0.1) is 6.10 Å². The smallest absolute Gasteiger partial charge is 0.138 e. The number of rotatable bonds is 6. The van der Waals surface area contributed by atoms with Crippen LogP contribution in [0.3, 0.4) is 0 Å². The number of piperidine rings is 1. The minimum atomic E-state index is 0.386. The molecular weight excluding hydrogens is 272 g/mol. The lowest BCUT2D eigenvalue weighted by Crippen LogP contribution is -2.36. The Morgan fingerprint density at radius 2 is 2.22 bits per heavy atom. The topological polar surface area (TPSA) is 64.3 Å². The molecule has 2 heterocycles. The van der Waals surface area contributed by atoms with Crippen LogP contribution in [0.2, 0.25) is 4.34 Å². The van der Waals surface area contributed by atoms with Crippen LogP contribution in [-0.4, -0.2) is 46.8 Å². The molecule has 0 spiro atoms. The molecule has 5 nitrogen and oxygen atoms in total. The van der Waals surface area contributed by atoms with Crippen molar-refractivity contribution in [3.05, 3.63) is 10.0 Å². The Hall–Kier alpha value is -0.270. The van der Waals surface area contributed by atoms with Crippen LogP contribution in [0.15, 0.2) is 0 Å². The number of aromatic nitrogens is 2. The number of likely N-dealkylation sites (tertiary alicyclic amines) is 1. The fourth-order valence-electron chi connectivity index (χ4n) is 2.07. The Kier molecular flexibility index (Phi) is 5.78. The van der Waals surface area contributed by atoms with Crippen molar-refractivity contribution in [3.8, 4) is 0 Å². The zero-order valence-corrected chi connectivity index (χ0v) is 11.9. The van der Waals surface area contributed by atoms with Crippen molar-refractivity contribution >= 4 is 23.1 Å². The van der Waals surface area contributed by atoms with Crippen molar-refractivity contribution in [2.75, 3.05) is 26.2 Å². The van der Waals surface area contributed by atoms with E-state index in [0.29, 0.717) is 17.0 Å². The summed E-state index contributed by atoms with van der Waals surface area (Å²) in [5.74, 6) is 0. The molecule has 0 amide bonds. The average Bonchev–Trinajstić information content (AvgIpc) is 2.78. The summed E-state index contributed by atoms with van der Waals surface area (Å²) in [5, 5.41) is 4.04. The molecule has 0 aromatic carbocycles. The van der Waals surface area contributed by atoms with Gasteiger partial charge in [-0.2, -0.15) is 0 Å². The molecule has 102 valence electrons. The summed E-state index contributed by atoms with van der Waals surface area (Å²) < 4.78 is 10.3. The van der Waals surface area contributed by atoms with Gasteiger partial charge in [0, 0.05) is 37.8 Å². The first-order valence-electron chi connectivity index (χ1n) is 6.30. The van der Waals surface area contributed by atoms with E-state index < -0.39 is 0 Å². The molecule has 1 fully saturated rings. The first kappa shape index (κ1) is 14.1. The Labute approximate surface area is 116 Å². The fourth-order valence-corrected chi connectivity index (χ4v) is 2.68. The molecule has 1 aliphatic heterocycles. The highest BCUT2D eigenvalue weighted by Gasteiger charge is 2.21. The zero-order chi connectivity index (χ0) is 12.8. The van der Waals surface area contributed by atoms with E-state index in [-0.39, 0.29) is 0 Å². The first-order chi connectivity index (χ1) is 8.79. The molecule has 18 heavy (non-hydrogen) atoms. The van der Waals surface area contributed by atoms with Crippen LogP contribution in [0.5, 0.6) is 0 Å². The van der Waals surface area contributed by atoms with Gasteiger partial charge in [-0.1, -0.05) is 16.1 Å². The van der Waals surface area contributed by atoms with Crippen molar-refractivity contribution in [2.45, 2.75) is 31.9 Å². The van der Waals surface area contributed by atoms with Crippen molar-refractivity contribution in [1.82, 2.24) is 14.5 Å². The normalized spacial score (nSPS) is 18.3. The molecule has 1 aromatic rings. The second-order valence-electron chi connectivity index (χ2n) is 4.48. The Morgan fingerprint density at radius 3 is 2.83 bits per heavy atom. The number of hydrogen-bond donors (Lipinski definition) is 1. The Balaban J connectivity index is 1.69. The van der Waals surface area contributed by atoms with E-state index in [4.69, 9.17) is 22.1 Å². The van der Waals surface area contributed by atoms with E-state index in [0.717, 1.165) is 51.2 Å². The first-order valence-corrected chi connectivity index (χ1v) is 7.45. The highest BCUT2D eigenvalue weighted by molar-refractivity contribution is 7.10. The zero-order valence-electron chi connectivity index (χ0n) is 10.3. The average molecular weight is 291 g/mol. The lowest BCUT2D eigenvalue weighted by atomic mass is 10.1. The molecule has 0 atom stereocenters. The molecule has 1 aromatic heterocycles. The molecule has 0 unspecified atom stereocenters. The molecular formula is C11H19ClN4OS. The number of nitrogens with zero attached hydrogens (tertiary/aromatic N) is 3. The van der Waals surface area contributed by atoms with Crippen molar-refractivity contribution in [1.29, 1.82) is 0 Å². The molecule has 2 rings (SSSR count). The predicted octanol–water partition coefficient (Wildman–Crippen LogP) is 1.52. The van der Waals surface area contributed by atoms with Gasteiger partial charge in [-0.05, 0) is 25.8 Å². The second-order valence-corrected chi connectivity index (χ2v) is 5.84. The maximum atomic E-state index is 6.00. The predicted molar refractivity (Wildman–Crippen MR) is 72.8 cm³/mol. The number of nitrogens with two attached hydrogens (primary N) is 1. The molecule has 0 bridgehead atoms. The lowest BCUT2D eigenvalue weighted by Gasteiger charge is -2.31. The van der Waals surface area contributed by atoms with Gasteiger partial charge in [0.2, 0.25) is 0 Å². The Morgan fingerprint density at radius 1 is 1.44 bits per heavy atom. The van der Waals surface area contributed by atoms with Crippen LogP contribution in [0, 0.1) is 0 Å². The van der Waals surface area contributed by atoms with Crippen LogP contribution < -0.4 is 5.73 Å². The third kappa shape index (κ3) is 4.13. The van der Waals surface area contributed by atoms with E-state index in [2.05, 4.69) is 14.5 Å². The lowest BCUT2D eigenvalue weighted by molar-refractivity contribution is 0.00541. The van der Waals surface area contributed by atoms with E-state index in [1.165, 1.54) is 11.5 Å². The van der Waals surface area contributed by atoms with Crippen LogP contribution >= 0.6 is 23.1 Å². The van der Waals surface area contributed by atoms with Crippen LogP contribution in [0.1, 0.15) is 25.0 Å². The summed E-state index contributed by atoms with van der Waals surface area (Å²) in [6.45, 7) is 4.34. The van der Waals surface area contributed by atoms with Crippen molar-refractivity contribution < 1.29 is 4.74 Å². The minimum absolute atomic E-state index is 0.386. The molecule has 0 saturated carbocycles. The molecule has 1 aliphatic rings. The van der Waals surface area contributed by atoms with E-state index in [1.807, 2.05) is 0 Å². The SMILES string of the molecule is NCCCOC1CCN(Cc2nnsc2Cl)CC1. The van der Waals surface area contributed by atoms with Gasteiger partial charge in [-0.3, -0.25) is 4.90 Å². The maximum Gasteiger partial charge on any atom is 0.138 e. The quantitative estimate of drug-likeness (QED) is 0.805. The summed E-state index contributed by atoms with van der Waals surface area (Å²) >= 11 is 7.25. The monoisotopic (exact) mass is 290 g/mol. The number of halogens is 1. The standard InChI is InChI=1S/C11H19ClN4OS/c12-11-10(14-15-18-11)8-16-5-2-9(3-6-16)17-7-1-4-13/h9H,1-8,13H2. The van der Waals surface area contributed by atoms with Gasteiger partial charge in [-0.25, -0.2) is 0 Å². The van der Waals surface area contributed by atoms with Gasteiger partial charge < -0.3 is 10.5 Å². The molecule has 7 heteroatoms. The largest absolute Gasteiger partial charge is 0.378 e. The van der Waals surface area contributed by atoms with Gasteiger partial charge >= 0.3 is 0 Å². The van der Waals surface area contributed by atoms with Gasteiger partial charge in [-0.15, -0.1) is 5.10 Å². The molecule has 2 N–H and O–H groups in total. The fraction of sp³-hybridized carbons (Fsp3) is 0.818. The molecule has 0 aliphatic carbocycles. The maximum absolute atomic E-state index is 6.00. The third-order valence-electron chi connectivity index (χ3n) is 3.12. The number of hydrogen-bond acceptors (Lipinski definition) is 6. The van der Waals surface area contributed by atoms with Gasteiger partial charge in [0.15, 0.2) is 0 Å². The summed E-state index contributed by atoms with van der Waals surface area (Å²) in [4.78, 5) is 2.35. The second kappa shape index (κ2) is 7.35. The van der Waals surface area contributed by atoms with Crippen LogP contribution in [0.4, 0.5) is 0 Å². The van der Waals surface area contributed by atoms with Crippen molar-refractivity contribution in [2.24, 2.45) is 5.73 Å². The summed E-state index contributed by atoms with van der Waals surface area (Å²) in [6.07, 6.45) is 3.47. The summed E-state index contributed by atoms with van der Waals surface area (Å²) in [7, 11) is 0. The number of ether oxygens (including phenoxy) is 1. The summed E-state index contributed by atoms with van der Waals surface area (Å²) in [5.41, 5.74) is 6.34. The van der Waals surface area contributed by atoms with Crippen molar-refractivity contribution in [3.63, 3.8) is 0 Å². The van der Waals surface area contributed by atoms with Gasteiger partial charge in [0.25, 0.3) is 0 Å². The third-order valence-corrected chi connectivity index (χ3v) is 4.10. The summed E-state index contributed by atoms with van der Waals surface area (Å²) in [6, 6.07) is 0. The van der Waals surface area contributed by atoms with E-state index in [9.17, 15) is 0 Å². The van der Waals surface area contributed by atoms with Crippen LogP contribution in [0.25, 0.3) is 0 Å². The molecule has 0 radical (unpaired) electrons. The van der Waals surface area contributed by atoms with E-state index in [1.54, 1.807) is 0 Å². The van der Waals surface area contributed by atoms with E-state index >= 15 is 0 Å². The highest BCUT2D eigenvalue weighted by atomic mass is 35.5. The minimum Gasteiger partial charge on any atom is -0.378 e. The highest BCUT2D eigenvalue weighted by Crippen LogP contribution is 2.21. The Bertz CT molecular complexity index is 355.